The third-order valence-electron chi connectivity index (χ3n) is 2.99. The van der Waals surface area contributed by atoms with E-state index in [4.69, 9.17) is 4.74 Å². The van der Waals surface area contributed by atoms with Crippen molar-refractivity contribution in [3.63, 3.8) is 0 Å². The first-order valence-electron chi connectivity index (χ1n) is 6.21. The van der Waals surface area contributed by atoms with Crippen LogP contribution in [-0.4, -0.2) is 17.2 Å². The molecule has 1 aromatic carbocycles. The maximum absolute atomic E-state index is 9.71. The lowest BCUT2D eigenvalue weighted by molar-refractivity contribution is 0.373. The number of nitrogens with one attached hydrogen (secondary N) is 1. The number of pyridine rings is 1. The molecule has 19 heavy (non-hydrogen) atoms. The molecule has 1 heterocycles. The quantitative estimate of drug-likeness (QED) is 0.865. The topological polar surface area (TPSA) is 54.4 Å². The molecule has 2 rings (SSSR count). The van der Waals surface area contributed by atoms with Crippen LogP contribution in [0, 0.1) is 0 Å². The summed E-state index contributed by atoms with van der Waals surface area (Å²) in [5.41, 5.74) is 2.00. The molecule has 1 aromatic heterocycles. The molecule has 1 atom stereocenters. The minimum atomic E-state index is 0.158. The van der Waals surface area contributed by atoms with E-state index < -0.39 is 0 Å². The molecule has 0 aliphatic heterocycles. The minimum absolute atomic E-state index is 0.158. The number of nitrogens with zero attached hydrogens (tertiary/aromatic N) is 1. The van der Waals surface area contributed by atoms with Crippen LogP contribution in [0.3, 0.4) is 0 Å². The van der Waals surface area contributed by atoms with Gasteiger partial charge in [-0.25, -0.2) is 0 Å². The molecule has 0 saturated heterocycles. The summed E-state index contributed by atoms with van der Waals surface area (Å²) in [6.45, 7) is 2.72. The fraction of sp³-hybridized carbons (Fsp3) is 0.267. The Kier molecular flexibility index (Phi) is 4.36. The van der Waals surface area contributed by atoms with Gasteiger partial charge in [0.05, 0.1) is 12.8 Å². The standard InChI is InChI=1S/C15H18N2O2/c1-11(13-5-3-4-8-16-13)17-10-12-6-7-15(19-2)14(18)9-12/h3-9,11,17-18H,10H2,1-2H3/t11-/m1/s1. The lowest BCUT2D eigenvalue weighted by atomic mass is 10.1. The Labute approximate surface area is 113 Å². The summed E-state index contributed by atoms with van der Waals surface area (Å²) in [6, 6.07) is 11.4. The van der Waals surface area contributed by atoms with Crippen molar-refractivity contribution < 1.29 is 9.84 Å². The average molecular weight is 258 g/mol. The Balaban J connectivity index is 1.97. The highest BCUT2D eigenvalue weighted by molar-refractivity contribution is 5.41. The second-order valence-electron chi connectivity index (χ2n) is 4.36. The van der Waals surface area contributed by atoms with Gasteiger partial charge in [0.25, 0.3) is 0 Å². The third-order valence-corrected chi connectivity index (χ3v) is 2.99. The first kappa shape index (κ1) is 13.4. The Morgan fingerprint density at radius 1 is 1.32 bits per heavy atom. The van der Waals surface area contributed by atoms with Crippen LogP contribution in [0.4, 0.5) is 0 Å². The molecule has 0 fully saturated rings. The van der Waals surface area contributed by atoms with E-state index in [1.165, 1.54) is 7.11 Å². The zero-order chi connectivity index (χ0) is 13.7. The molecule has 0 amide bonds. The van der Waals surface area contributed by atoms with Crippen molar-refractivity contribution >= 4 is 0 Å². The molecule has 0 unspecified atom stereocenters. The Bertz CT molecular complexity index is 529. The Hall–Kier alpha value is -2.07. The fourth-order valence-corrected chi connectivity index (χ4v) is 1.85. The van der Waals surface area contributed by atoms with Gasteiger partial charge in [-0.05, 0) is 36.8 Å². The van der Waals surface area contributed by atoms with Crippen molar-refractivity contribution in [2.75, 3.05) is 7.11 Å². The molecule has 0 saturated carbocycles. The van der Waals surface area contributed by atoms with Crippen LogP contribution >= 0.6 is 0 Å². The number of aromatic nitrogens is 1. The maximum atomic E-state index is 9.71. The van der Waals surface area contributed by atoms with Gasteiger partial charge in [0.15, 0.2) is 11.5 Å². The maximum Gasteiger partial charge on any atom is 0.160 e. The smallest absolute Gasteiger partial charge is 0.160 e. The molecular weight excluding hydrogens is 240 g/mol. The van der Waals surface area contributed by atoms with Crippen LogP contribution in [0.15, 0.2) is 42.6 Å². The van der Waals surface area contributed by atoms with Gasteiger partial charge in [0.2, 0.25) is 0 Å². The lowest BCUT2D eigenvalue weighted by Gasteiger charge is -2.13. The first-order valence-corrected chi connectivity index (χ1v) is 6.21. The highest BCUT2D eigenvalue weighted by Crippen LogP contribution is 2.26. The number of phenolic OH excluding ortho intramolecular Hbond substituents is 1. The van der Waals surface area contributed by atoms with Gasteiger partial charge >= 0.3 is 0 Å². The van der Waals surface area contributed by atoms with Gasteiger partial charge in [-0.2, -0.15) is 0 Å². The Morgan fingerprint density at radius 2 is 2.16 bits per heavy atom. The zero-order valence-electron chi connectivity index (χ0n) is 11.1. The third kappa shape index (κ3) is 3.45. The fourth-order valence-electron chi connectivity index (χ4n) is 1.85. The summed E-state index contributed by atoms with van der Waals surface area (Å²) in [5.74, 6) is 0.647. The van der Waals surface area contributed by atoms with Gasteiger partial charge < -0.3 is 15.2 Å². The van der Waals surface area contributed by atoms with Crippen LogP contribution in [0.1, 0.15) is 24.2 Å². The minimum Gasteiger partial charge on any atom is -0.504 e. The number of aromatic hydroxyl groups is 1. The zero-order valence-corrected chi connectivity index (χ0v) is 11.1. The van der Waals surface area contributed by atoms with E-state index in [0.29, 0.717) is 12.3 Å². The molecule has 4 heteroatoms. The van der Waals surface area contributed by atoms with E-state index in [2.05, 4.69) is 17.2 Å². The number of rotatable bonds is 5. The van der Waals surface area contributed by atoms with Crippen LogP contribution in [-0.2, 0) is 6.54 Å². The molecule has 0 bridgehead atoms. The van der Waals surface area contributed by atoms with Crippen LogP contribution in [0.2, 0.25) is 0 Å². The van der Waals surface area contributed by atoms with Gasteiger partial charge in [-0.15, -0.1) is 0 Å². The lowest BCUT2D eigenvalue weighted by Crippen LogP contribution is -2.18. The van der Waals surface area contributed by atoms with Crippen molar-refractivity contribution in [1.29, 1.82) is 0 Å². The number of hydrogen-bond acceptors (Lipinski definition) is 4. The number of phenols is 1. The average Bonchev–Trinajstić information content (AvgIpc) is 2.46. The number of hydrogen-bond donors (Lipinski definition) is 2. The summed E-state index contributed by atoms with van der Waals surface area (Å²) in [4.78, 5) is 4.30. The normalized spacial score (nSPS) is 12.1. The highest BCUT2D eigenvalue weighted by Gasteiger charge is 2.07. The van der Waals surface area contributed by atoms with Crippen molar-refractivity contribution in [3.8, 4) is 11.5 Å². The van der Waals surface area contributed by atoms with Gasteiger partial charge in [0, 0.05) is 18.8 Å². The molecule has 4 nitrogen and oxygen atoms in total. The van der Waals surface area contributed by atoms with E-state index in [-0.39, 0.29) is 11.8 Å². The summed E-state index contributed by atoms with van der Waals surface area (Å²) in [6.07, 6.45) is 1.78. The van der Waals surface area contributed by atoms with Gasteiger partial charge in [0.1, 0.15) is 0 Å². The summed E-state index contributed by atoms with van der Waals surface area (Å²) >= 11 is 0. The van der Waals surface area contributed by atoms with Crippen LogP contribution in [0.5, 0.6) is 11.5 Å². The summed E-state index contributed by atoms with van der Waals surface area (Å²) in [7, 11) is 1.54. The monoisotopic (exact) mass is 258 g/mol. The molecule has 100 valence electrons. The number of ether oxygens (including phenoxy) is 1. The largest absolute Gasteiger partial charge is 0.504 e. The molecule has 0 spiro atoms. The van der Waals surface area contributed by atoms with E-state index >= 15 is 0 Å². The SMILES string of the molecule is COc1ccc(CN[C@H](C)c2ccccn2)cc1O. The molecule has 2 aromatic rings. The predicted molar refractivity (Wildman–Crippen MR) is 74.2 cm³/mol. The van der Waals surface area contributed by atoms with E-state index in [1.807, 2.05) is 24.3 Å². The summed E-state index contributed by atoms with van der Waals surface area (Å²) < 4.78 is 5.01. The molecule has 2 N–H and O–H groups in total. The molecular formula is C15H18N2O2. The van der Waals surface area contributed by atoms with Gasteiger partial charge in [-0.3, -0.25) is 4.98 Å². The number of methoxy groups -OCH3 is 1. The second-order valence-corrected chi connectivity index (χ2v) is 4.36. The predicted octanol–water partition coefficient (Wildman–Crippen LogP) is 2.65. The Morgan fingerprint density at radius 3 is 2.79 bits per heavy atom. The van der Waals surface area contributed by atoms with Crippen LogP contribution in [0.25, 0.3) is 0 Å². The van der Waals surface area contributed by atoms with E-state index in [9.17, 15) is 5.11 Å². The second kappa shape index (κ2) is 6.20. The highest BCUT2D eigenvalue weighted by atomic mass is 16.5. The van der Waals surface area contributed by atoms with E-state index in [1.54, 1.807) is 18.3 Å². The molecule has 0 aliphatic carbocycles. The summed E-state index contributed by atoms with van der Waals surface area (Å²) in [5, 5.41) is 13.1. The van der Waals surface area contributed by atoms with Crippen molar-refractivity contribution in [1.82, 2.24) is 10.3 Å². The van der Waals surface area contributed by atoms with Crippen LogP contribution < -0.4 is 10.1 Å². The van der Waals surface area contributed by atoms with Crippen molar-refractivity contribution in [2.24, 2.45) is 0 Å². The molecule has 0 radical (unpaired) electrons. The molecule has 0 aliphatic rings. The van der Waals surface area contributed by atoms with E-state index in [0.717, 1.165) is 11.3 Å². The van der Waals surface area contributed by atoms with Gasteiger partial charge in [-0.1, -0.05) is 12.1 Å². The number of benzene rings is 1. The van der Waals surface area contributed by atoms with Crippen molar-refractivity contribution in [2.45, 2.75) is 19.5 Å². The van der Waals surface area contributed by atoms with Crippen molar-refractivity contribution in [3.05, 3.63) is 53.9 Å². The first-order chi connectivity index (χ1) is 9.20.